The van der Waals surface area contributed by atoms with Crippen LogP contribution >= 0.6 is 11.8 Å². The third-order valence-corrected chi connectivity index (χ3v) is 11.9. The number of hydrogen-bond acceptors (Lipinski definition) is 8. The van der Waals surface area contributed by atoms with Gasteiger partial charge >= 0.3 is 0 Å². The fraction of sp³-hybridized carbons (Fsp3) is 0.520. The number of hydrogen-bond donors (Lipinski definition) is 3. The topological polar surface area (TPSA) is 145 Å². The Morgan fingerprint density at radius 2 is 1.84 bits per heavy atom. The number of amidine groups is 1. The first-order valence-corrected chi connectivity index (χ1v) is 17.1. The maximum Gasteiger partial charge on any atom is 0.283 e. The predicted molar refractivity (Wildman–Crippen MR) is 145 cm³/mol. The summed E-state index contributed by atoms with van der Waals surface area (Å²) in [5, 5.41) is 14.9. The smallest absolute Gasteiger partial charge is 0.283 e. The molecule has 3 atom stereocenters. The normalized spacial score (nSPS) is 32.1. The molecule has 3 saturated carbocycles. The molecule has 7 rings (SSSR count). The van der Waals surface area contributed by atoms with E-state index in [1.807, 2.05) is 35.2 Å². The number of nitrogens with zero attached hydrogens (tertiary/aromatic N) is 2. The number of carbonyl (C=O) groups excluding carboxylic acids is 1. The minimum absolute atomic E-state index is 0.0153. The van der Waals surface area contributed by atoms with E-state index in [1.54, 1.807) is 0 Å². The van der Waals surface area contributed by atoms with Crippen LogP contribution in [-0.4, -0.2) is 63.2 Å². The molecule has 2 bridgehead atoms. The Bertz CT molecular complexity index is 1480. The first-order chi connectivity index (χ1) is 18.0. The standard InChI is InChI=1S/C25H30N4O6S3/c1-37(32,33)26-11-17-13-36-24-22(17)38(34,35)28-23(27-24)19-21(30)18-15-7-9-16(10-8-15)20(18)29(25(19)31)12-14-5-3-2-4-6-14/h2-6,15-18,20,26,30H,7-13H2,1H3,(H,27,28). The molecule has 3 aliphatic heterocycles. The second-order valence-electron chi connectivity index (χ2n) is 10.7. The largest absolute Gasteiger partial charge is 0.511 e. The Hall–Kier alpha value is -2.35. The van der Waals surface area contributed by atoms with Gasteiger partial charge < -0.3 is 15.3 Å². The van der Waals surface area contributed by atoms with Crippen molar-refractivity contribution >= 4 is 43.6 Å². The second kappa shape index (κ2) is 9.39. The third kappa shape index (κ3) is 4.46. The summed E-state index contributed by atoms with van der Waals surface area (Å²) in [5.41, 5.74) is 0.883. The molecule has 0 spiro atoms. The summed E-state index contributed by atoms with van der Waals surface area (Å²) in [5.74, 6) is -0.659. The van der Waals surface area contributed by atoms with E-state index < -0.39 is 31.9 Å². The molecule has 3 heterocycles. The minimum Gasteiger partial charge on any atom is -0.511 e. The molecule has 3 N–H and O–H groups in total. The molecule has 0 radical (unpaired) electrons. The van der Waals surface area contributed by atoms with Gasteiger partial charge in [0.2, 0.25) is 10.0 Å². The van der Waals surface area contributed by atoms with Gasteiger partial charge in [0, 0.05) is 36.7 Å². The number of amides is 1. The molecule has 1 aromatic carbocycles. The monoisotopic (exact) mass is 578 g/mol. The Labute approximate surface area is 226 Å². The van der Waals surface area contributed by atoms with Crippen LogP contribution in [0.1, 0.15) is 31.2 Å². The summed E-state index contributed by atoms with van der Waals surface area (Å²) in [7, 11) is -7.71. The van der Waals surface area contributed by atoms with Crippen molar-refractivity contribution < 1.29 is 26.7 Å². The molecular formula is C25H30N4O6S3. The lowest BCUT2D eigenvalue weighted by Crippen LogP contribution is -2.60. The molecule has 1 amide bonds. The number of aliphatic hydroxyl groups excluding tert-OH is 1. The number of rotatable bonds is 6. The maximum absolute atomic E-state index is 14.0. The maximum atomic E-state index is 14.0. The number of sulfonamides is 2. The molecule has 0 aromatic heterocycles. The first-order valence-electron chi connectivity index (χ1n) is 12.8. The molecule has 0 saturated heterocycles. The molecule has 1 aromatic rings. The number of nitrogens with one attached hydrogen (secondary N) is 2. The van der Waals surface area contributed by atoms with Gasteiger partial charge in [0.25, 0.3) is 15.9 Å². The van der Waals surface area contributed by atoms with Crippen LogP contribution in [-0.2, 0) is 31.4 Å². The van der Waals surface area contributed by atoms with Gasteiger partial charge in [-0.15, -0.1) is 16.2 Å². The van der Waals surface area contributed by atoms with Gasteiger partial charge in [-0.3, -0.25) is 4.79 Å². The van der Waals surface area contributed by atoms with Crippen LogP contribution in [0.5, 0.6) is 0 Å². The second-order valence-corrected chi connectivity index (χ2v) is 15.2. The highest BCUT2D eigenvalue weighted by Crippen LogP contribution is 2.52. The molecule has 3 aliphatic carbocycles. The van der Waals surface area contributed by atoms with Gasteiger partial charge in [-0.1, -0.05) is 30.3 Å². The van der Waals surface area contributed by atoms with Gasteiger partial charge in [0.15, 0.2) is 5.84 Å². The summed E-state index contributed by atoms with van der Waals surface area (Å²) >= 11 is 1.24. The fourth-order valence-corrected chi connectivity index (χ4v) is 10.3. The van der Waals surface area contributed by atoms with Crippen LogP contribution < -0.4 is 10.0 Å². The van der Waals surface area contributed by atoms with E-state index in [4.69, 9.17) is 0 Å². The van der Waals surface area contributed by atoms with Crippen molar-refractivity contribution in [3.8, 4) is 0 Å². The van der Waals surface area contributed by atoms with E-state index in [1.165, 1.54) is 11.8 Å². The van der Waals surface area contributed by atoms with E-state index in [0.717, 1.165) is 37.5 Å². The summed E-state index contributed by atoms with van der Waals surface area (Å²) in [6.07, 6.45) is 4.97. The highest BCUT2D eigenvalue weighted by atomic mass is 32.2. The summed E-state index contributed by atoms with van der Waals surface area (Å²) in [4.78, 5) is 15.9. The van der Waals surface area contributed by atoms with Crippen LogP contribution in [0.15, 0.2) is 56.0 Å². The zero-order valence-corrected chi connectivity index (χ0v) is 23.3. The molecule has 3 fully saturated rings. The quantitative estimate of drug-likeness (QED) is 0.465. The van der Waals surface area contributed by atoms with Gasteiger partial charge in [0.05, 0.1) is 11.3 Å². The Morgan fingerprint density at radius 1 is 1.16 bits per heavy atom. The Balaban J connectivity index is 1.37. The van der Waals surface area contributed by atoms with Crippen molar-refractivity contribution in [2.24, 2.45) is 28.1 Å². The molecule has 6 aliphatic rings. The number of benzene rings is 1. The Kier molecular flexibility index (Phi) is 6.40. The van der Waals surface area contributed by atoms with Gasteiger partial charge in [-0.25, -0.2) is 13.1 Å². The molecule has 3 unspecified atom stereocenters. The third-order valence-electron chi connectivity index (χ3n) is 8.35. The molecule has 10 nitrogen and oxygen atoms in total. The van der Waals surface area contributed by atoms with Crippen molar-refractivity contribution in [3.05, 3.63) is 57.2 Å². The van der Waals surface area contributed by atoms with Crippen molar-refractivity contribution in [2.45, 2.75) is 38.3 Å². The number of thioether (sulfide) groups is 1. The fourth-order valence-electron chi connectivity index (χ4n) is 6.74. The van der Waals surface area contributed by atoms with Crippen LogP contribution in [0.2, 0.25) is 0 Å². The average molecular weight is 579 g/mol. The predicted octanol–water partition coefficient (Wildman–Crippen LogP) is 2.06. The highest BCUT2D eigenvalue weighted by molar-refractivity contribution is 8.05. The van der Waals surface area contributed by atoms with Crippen molar-refractivity contribution in [1.29, 1.82) is 0 Å². The van der Waals surface area contributed by atoms with Crippen LogP contribution in [0, 0.1) is 23.7 Å². The molecule has 38 heavy (non-hydrogen) atoms. The summed E-state index contributed by atoms with van der Waals surface area (Å²) in [6, 6.07) is 9.53. The van der Waals surface area contributed by atoms with E-state index >= 15 is 0 Å². The zero-order chi connectivity index (χ0) is 26.8. The summed E-state index contributed by atoms with van der Waals surface area (Å²) in [6.45, 7) is 0.295. The summed E-state index contributed by atoms with van der Waals surface area (Å²) < 4.78 is 56.2. The number of fused-ring (bicyclic) bond motifs is 2. The van der Waals surface area contributed by atoms with Gasteiger partial charge in [0.1, 0.15) is 16.2 Å². The van der Waals surface area contributed by atoms with Crippen LogP contribution in [0.4, 0.5) is 0 Å². The minimum atomic E-state index is -4.21. The van der Waals surface area contributed by atoms with Gasteiger partial charge in [-0.05, 0) is 43.1 Å². The van der Waals surface area contributed by atoms with Crippen LogP contribution in [0.25, 0.3) is 0 Å². The lowest BCUT2D eigenvalue weighted by molar-refractivity contribution is -0.140. The average Bonchev–Trinajstić information content (AvgIpc) is 3.30. The van der Waals surface area contributed by atoms with E-state index in [2.05, 4.69) is 14.4 Å². The molecule has 13 heteroatoms. The molecule has 204 valence electrons. The van der Waals surface area contributed by atoms with E-state index in [9.17, 15) is 26.7 Å². The first kappa shape index (κ1) is 25.9. The Morgan fingerprint density at radius 3 is 2.53 bits per heavy atom. The highest BCUT2D eigenvalue weighted by Gasteiger charge is 2.54. The van der Waals surface area contributed by atoms with Crippen molar-refractivity contribution in [2.75, 3.05) is 18.6 Å². The zero-order valence-electron chi connectivity index (χ0n) is 20.8. The number of aliphatic hydroxyl groups is 1. The van der Waals surface area contributed by atoms with Crippen molar-refractivity contribution in [3.63, 3.8) is 0 Å². The SMILES string of the molecule is CS(=O)(=O)NCC1CSC2=C1S(=O)(=O)N=C(C1=C(O)C3C4CCC(CC4)C3N(Cc3ccccc3)C1=O)N2. The number of carbonyl (C=O) groups is 1. The van der Waals surface area contributed by atoms with E-state index in [-0.39, 0.29) is 52.4 Å². The lowest BCUT2D eigenvalue weighted by atomic mass is 9.59. The van der Waals surface area contributed by atoms with Crippen LogP contribution in [0.3, 0.4) is 0 Å². The van der Waals surface area contributed by atoms with E-state index in [0.29, 0.717) is 17.3 Å². The molecular weight excluding hydrogens is 548 g/mol. The lowest BCUT2D eigenvalue weighted by Gasteiger charge is -2.54. The van der Waals surface area contributed by atoms with Gasteiger partial charge in [-0.2, -0.15) is 8.42 Å². The van der Waals surface area contributed by atoms with Crippen molar-refractivity contribution in [1.82, 2.24) is 14.9 Å².